The number of hydrogen-bond donors (Lipinski definition) is 3. The summed E-state index contributed by atoms with van der Waals surface area (Å²) in [6.45, 7) is 1.69. The molecule has 1 aliphatic heterocycles. The van der Waals surface area contributed by atoms with Crippen LogP contribution in [0.1, 0.15) is 18.4 Å². The van der Waals surface area contributed by atoms with Crippen molar-refractivity contribution >= 4 is 12.1 Å². The highest BCUT2D eigenvalue weighted by Crippen LogP contribution is 2.25. The highest BCUT2D eigenvalue weighted by Gasteiger charge is 2.16. The van der Waals surface area contributed by atoms with Gasteiger partial charge in [-0.25, -0.2) is 19.2 Å². The van der Waals surface area contributed by atoms with Gasteiger partial charge < -0.3 is 19.9 Å². The number of hydrogen-bond acceptors (Lipinski definition) is 7. The van der Waals surface area contributed by atoms with Gasteiger partial charge in [0.15, 0.2) is 5.96 Å². The van der Waals surface area contributed by atoms with E-state index < -0.39 is 17.9 Å². The van der Waals surface area contributed by atoms with Crippen LogP contribution in [0, 0.1) is 17.1 Å². The molecule has 2 aromatic rings. The lowest BCUT2D eigenvalue weighted by Crippen LogP contribution is -2.36. The number of carbonyl (C=O) groups is 1. The van der Waals surface area contributed by atoms with Gasteiger partial charge in [-0.05, 0) is 18.8 Å². The summed E-state index contributed by atoms with van der Waals surface area (Å²) in [5, 5.41) is 8.92. The Morgan fingerprint density at radius 2 is 2.03 bits per heavy atom. The van der Waals surface area contributed by atoms with E-state index >= 15 is 0 Å². The lowest BCUT2D eigenvalue weighted by molar-refractivity contribution is 0.0482. The van der Waals surface area contributed by atoms with Gasteiger partial charge in [0.2, 0.25) is 0 Å². The minimum absolute atomic E-state index is 0.168. The van der Waals surface area contributed by atoms with Crippen molar-refractivity contribution in [2.45, 2.75) is 19.4 Å². The maximum absolute atomic E-state index is 14.8. The van der Waals surface area contributed by atoms with Crippen molar-refractivity contribution in [1.82, 2.24) is 15.3 Å². The Labute approximate surface area is 166 Å². The second-order valence-electron chi connectivity index (χ2n) is 6.51. The second-order valence-corrected chi connectivity index (χ2v) is 6.51. The number of rotatable bonds is 6. The molecule has 0 saturated carbocycles. The van der Waals surface area contributed by atoms with E-state index in [0.29, 0.717) is 18.1 Å². The molecule has 0 aliphatic carbocycles. The van der Waals surface area contributed by atoms with Crippen LogP contribution < -0.4 is 15.8 Å². The standard InChI is InChI=1S/C19H22FN5O4/c20-16-13(11-29-19(26)25-17(21)22)2-1-3-15(16)14-8-23-18(24-9-14)28-10-12-4-6-27-7-5-12/h1-3,8-9,12H,4-7,10-11H2,(H4,21,22,25,26). The first-order valence-corrected chi connectivity index (χ1v) is 9.11. The number of carbonyl (C=O) groups excluding carboxylic acids is 1. The first kappa shape index (κ1) is 20.5. The summed E-state index contributed by atoms with van der Waals surface area (Å²) in [6, 6.07) is 4.94. The molecule has 29 heavy (non-hydrogen) atoms. The molecule has 0 atom stereocenters. The molecule has 1 aromatic carbocycles. The summed E-state index contributed by atoms with van der Waals surface area (Å²) in [5.74, 6) is -0.690. The molecule has 2 heterocycles. The van der Waals surface area contributed by atoms with Gasteiger partial charge in [-0.1, -0.05) is 18.2 Å². The van der Waals surface area contributed by atoms with Gasteiger partial charge >= 0.3 is 12.1 Å². The van der Waals surface area contributed by atoms with E-state index in [1.54, 1.807) is 12.1 Å². The molecule has 0 unspecified atom stereocenters. The summed E-state index contributed by atoms with van der Waals surface area (Å²) < 4.78 is 30.6. The number of guanidine groups is 1. The van der Waals surface area contributed by atoms with Crippen LogP contribution in [-0.4, -0.2) is 41.8 Å². The number of alkyl carbamates (subject to hydrolysis) is 1. The number of halogens is 1. The molecule has 0 radical (unpaired) electrons. The normalized spacial score (nSPS) is 14.2. The molecule has 1 amide bonds. The SMILES string of the molecule is N=C(N)NC(=O)OCc1cccc(-c2cnc(OCC3CCOCC3)nc2)c1F. The van der Waals surface area contributed by atoms with Gasteiger partial charge in [0.1, 0.15) is 12.4 Å². The van der Waals surface area contributed by atoms with Crippen LogP contribution in [0.15, 0.2) is 30.6 Å². The summed E-state index contributed by atoms with van der Waals surface area (Å²) in [5.41, 5.74) is 5.94. The van der Waals surface area contributed by atoms with E-state index in [9.17, 15) is 9.18 Å². The quantitative estimate of drug-likeness (QED) is 0.497. The molecule has 0 spiro atoms. The van der Waals surface area contributed by atoms with Crippen molar-refractivity contribution in [3.8, 4) is 17.1 Å². The Bertz CT molecular complexity index is 856. The van der Waals surface area contributed by atoms with Crippen LogP contribution >= 0.6 is 0 Å². The third kappa shape index (κ3) is 5.85. The molecule has 10 heteroatoms. The Kier molecular flexibility index (Phi) is 6.90. The fraction of sp³-hybridized carbons (Fsp3) is 0.368. The molecule has 9 nitrogen and oxygen atoms in total. The van der Waals surface area contributed by atoms with Crippen LogP contribution in [0.4, 0.5) is 9.18 Å². The predicted octanol–water partition coefficient (Wildman–Crippen LogP) is 2.21. The number of amides is 1. The Hall–Kier alpha value is -3.27. The number of nitrogens with one attached hydrogen (secondary N) is 2. The Morgan fingerprint density at radius 1 is 1.31 bits per heavy atom. The first-order chi connectivity index (χ1) is 14.0. The maximum Gasteiger partial charge on any atom is 0.414 e. The van der Waals surface area contributed by atoms with E-state index in [0.717, 1.165) is 26.1 Å². The van der Waals surface area contributed by atoms with Crippen molar-refractivity contribution in [2.24, 2.45) is 11.7 Å². The Balaban J connectivity index is 1.62. The molecule has 4 N–H and O–H groups in total. The van der Waals surface area contributed by atoms with E-state index in [-0.39, 0.29) is 23.7 Å². The van der Waals surface area contributed by atoms with Crippen LogP contribution in [0.25, 0.3) is 11.1 Å². The average molecular weight is 403 g/mol. The smallest absolute Gasteiger partial charge is 0.414 e. The predicted molar refractivity (Wildman–Crippen MR) is 102 cm³/mol. The van der Waals surface area contributed by atoms with Crippen molar-refractivity contribution in [2.75, 3.05) is 19.8 Å². The third-order valence-corrected chi connectivity index (χ3v) is 4.40. The van der Waals surface area contributed by atoms with E-state index in [1.807, 2.05) is 5.32 Å². The van der Waals surface area contributed by atoms with Gasteiger partial charge in [-0.15, -0.1) is 0 Å². The minimum Gasteiger partial charge on any atom is -0.463 e. The van der Waals surface area contributed by atoms with Gasteiger partial charge in [0.25, 0.3) is 0 Å². The zero-order chi connectivity index (χ0) is 20.6. The van der Waals surface area contributed by atoms with Crippen molar-refractivity contribution in [3.05, 3.63) is 42.0 Å². The van der Waals surface area contributed by atoms with Gasteiger partial charge in [0, 0.05) is 42.3 Å². The first-order valence-electron chi connectivity index (χ1n) is 9.11. The highest BCUT2D eigenvalue weighted by atomic mass is 19.1. The summed E-state index contributed by atoms with van der Waals surface area (Å²) >= 11 is 0. The fourth-order valence-electron chi connectivity index (χ4n) is 2.84. The van der Waals surface area contributed by atoms with E-state index in [1.165, 1.54) is 18.5 Å². The molecule has 1 saturated heterocycles. The third-order valence-electron chi connectivity index (χ3n) is 4.40. The van der Waals surface area contributed by atoms with Gasteiger partial charge in [-0.3, -0.25) is 10.7 Å². The minimum atomic E-state index is -0.934. The van der Waals surface area contributed by atoms with Crippen molar-refractivity contribution in [1.29, 1.82) is 5.41 Å². The number of nitrogens with two attached hydrogens (primary N) is 1. The van der Waals surface area contributed by atoms with Crippen LogP contribution in [0.3, 0.4) is 0 Å². The molecule has 3 rings (SSSR count). The van der Waals surface area contributed by atoms with E-state index in [2.05, 4.69) is 9.97 Å². The fourth-order valence-corrected chi connectivity index (χ4v) is 2.84. The zero-order valence-electron chi connectivity index (χ0n) is 15.7. The summed E-state index contributed by atoms with van der Waals surface area (Å²) in [7, 11) is 0. The number of nitrogens with zero attached hydrogens (tertiary/aromatic N) is 2. The zero-order valence-corrected chi connectivity index (χ0v) is 15.7. The molecule has 154 valence electrons. The highest BCUT2D eigenvalue weighted by molar-refractivity contribution is 5.90. The van der Waals surface area contributed by atoms with Crippen molar-refractivity contribution < 1.29 is 23.4 Å². The molecular weight excluding hydrogens is 381 g/mol. The number of aromatic nitrogens is 2. The molecule has 1 aliphatic rings. The van der Waals surface area contributed by atoms with Crippen LogP contribution in [0.5, 0.6) is 6.01 Å². The molecule has 0 bridgehead atoms. The van der Waals surface area contributed by atoms with Gasteiger partial charge in [0.05, 0.1) is 6.61 Å². The maximum atomic E-state index is 14.8. The average Bonchev–Trinajstić information content (AvgIpc) is 2.72. The monoisotopic (exact) mass is 403 g/mol. The topological polar surface area (TPSA) is 132 Å². The molecule has 1 aromatic heterocycles. The second kappa shape index (κ2) is 9.78. The van der Waals surface area contributed by atoms with E-state index in [4.69, 9.17) is 25.4 Å². The number of benzene rings is 1. The molecule has 1 fully saturated rings. The number of ether oxygens (including phenoxy) is 3. The van der Waals surface area contributed by atoms with Crippen LogP contribution in [0.2, 0.25) is 0 Å². The largest absolute Gasteiger partial charge is 0.463 e. The Morgan fingerprint density at radius 3 is 2.72 bits per heavy atom. The van der Waals surface area contributed by atoms with Crippen LogP contribution in [-0.2, 0) is 16.1 Å². The lowest BCUT2D eigenvalue weighted by Gasteiger charge is -2.21. The summed E-state index contributed by atoms with van der Waals surface area (Å²) in [6.07, 6.45) is 3.93. The van der Waals surface area contributed by atoms with Gasteiger partial charge in [-0.2, -0.15) is 0 Å². The van der Waals surface area contributed by atoms with Crippen molar-refractivity contribution in [3.63, 3.8) is 0 Å². The molecular formula is C19H22FN5O4. The lowest BCUT2D eigenvalue weighted by atomic mass is 10.0. The summed E-state index contributed by atoms with van der Waals surface area (Å²) in [4.78, 5) is 19.7.